The van der Waals surface area contributed by atoms with E-state index in [-0.39, 0.29) is 6.04 Å². The summed E-state index contributed by atoms with van der Waals surface area (Å²) in [6, 6.07) is 12.4. The maximum atomic E-state index is 6.29. The predicted octanol–water partition coefficient (Wildman–Crippen LogP) is 4.66. The fourth-order valence-corrected chi connectivity index (χ4v) is 2.81. The fraction of sp³-hybridized carbons (Fsp3) is 0.333. The summed E-state index contributed by atoms with van der Waals surface area (Å²) in [7, 11) is 1.69. The van der Waals surface area contributed by atoms with Gasteiger partial charge in [-0.05, 0) is 60.8 Å². The Hall–Kier alpha value is -1.51. The first-order valence-electron chi connectivity index (χ1n) is 7.21. The molecule has 3 heteroatoms. The number of nitrogens with one attached hydrogen (secondary N) is 1. The molecule has 112 valence electrons. The molecule has 0 saturated carbocycles. The Labute approximate surface area is 132 Å². The van der Waals surface area contributed by atoms with Gasteiger partial charge in [0, 0.05) is 5.02 Å². The van der Waals surface area contributed by atoms with E-state index in [1.165, 1.54) is 16.7 Å². The SMILES string of the molecule is CCNC(c1ccc(OC)cc1C)c1cccc(Cl)c1C. The van der Waals surface area contributed by atoms with Crippen LogP contribution in [-0.2, 0) is 0 Å². The van der Waals surface area contributed by atoms with Crippen LogP contribution in [0.1, 0.15) is 35.2 Å². The van der Waals surface area contributed by atoms with E-state index in [0.29, 0.717) is 0 Å². The van der Waals surface area contributed by atoms with E-state index >= 15 is 0 Å². The number of benzene rings is 2. The summed E-state index contributed by atoms with van der Waals surface area (Å²) in [5.41, 5.74) is 4.81. The maximum Gasteiger partial charge on any atom is 0.119 e. The zero-order valence-electron chi connectivity index (χ0n) is 13.0. The minimum absolute atomic E-state index is 0.139. The lowest BCUT2D eigenvalue weighted by molar-refractivity contribution is 0.414. The first kappa shape index (κ1) is 15.9. The zero-order chi connectivity index (χ0) is 15.4. The molecule has 1 atom stereocenters. The van der Waals surface area contributed by atoms with E-state index < -0.39 is 0 Å². The highest BCUT2D eigenvalue weighted by Gasteiger charge is 2.18. The van der Waals surface area contributed by atoms with Crippen molar-refractivity contribution in [1.29, 1.82) is 0 Å². The van der Waals surface area contributed by atoms with Gasteiger partial charge in [-0.25, -0.2) is 0 Å². The molecule has 0 radical (unpaired) electrons. The second kappa shape index (κ2) is 6.97. The summed E-state index contributed by atoms with van der Waals surface area (Å²) >= 11 is 6.29. The van der Waals surface area contributed by atoms with Crippen molar-refractivity contribution < 1.29 is 4.74 Å². The second-order valence-electron chi connectivity index (χ2n) is 5.17. The minimum Gasteiger partial charge on any atom is -0.497 e. The Morgan fingerprint density at radius 2 is 1.90 bits per heavy atom. The Bertz CT molecular complexity index is 625. The largest absolute Gasteiger partial charge is 0.497 e. The molecule has 0 spiro atoms. The number of ether oxygens (including phenoxy) is 1. The van der Waals surface area contributed by atoms with Crippen molar-refractivity contribution in [1.82, 2.24) is 5.32 Å². The molecule has 0 amide bonds. The molecule has 1 N–H and O–H groups in total. The number of halogens is 1. The van der Waals surface area contributed by atoms with Crippen LogP contribution in [0.4, 0.5) is 0 Å². The van der Waals surface area contributed by atoms with Crippen molar-refractivity contribution in [2.24, 2.45) is 0 Å². The van der Waals surface area contributed by atoms with Crippen molar-refractivity contribution in [3.8, 4) is 5.75 Å². The quantitative estimate of drug-likeness (QED) is 0.867. The van der Waals surface area contributed by atoms with Crippen LogP contribution in [0.15, 0.2) is 36.4 Å². The van der Waals surface area contributed by atoms with Crippen molar-refractivity contribution in [3.05, 3.63) is 63.7 Å². The van der Waals surface area contributed by atoms with Crippen LogP contribution < -0.4 is 10.1 Å². The summed E-state index contributed by atoms with van der Waals surface area (Å²) in [5, 5.41) is 4.37. The van der Waals surface area contributed by atoms with Crippen LogP contribution in [0.3, 0.4) is 0 Å². The van der Waals surface area contributed by atoms with Gasteiger partial charge >= 0.3 is 0 Å². The Morgan fingerprint density at radius 1 is 1.14 bits per heavy atom. The number of hydrogen-bond donors (Lipinski definition) is 1. The van der Waals surface area contributed by atoms with Gasteiger partial charge in [0.15, 0.2) is 0 Å². The topological polar surface area (TPSA) is 21.3 Å². The third-order valence-electron chi connectivity index (χ3n) is 3.82. The van der Waals surface area contributed by atoms with Crippen LogP contribution in [0.2, 0.25) is 5.02 Å². The van der Waals surface area contributed by atoms with Crippen LogP contribution in [-0.4, -0.2) is 13.7 Å². The third kappa shape index (κ3) is 3.39. The maximum absolute atomic E-state index is 6.29. The van der Waals surface area contributed by atoms with E-state index in [4.69, 9.17) is 16.3 Å². The Kier molecular flexibility index (Phi) is 5.27. The van der Waals surface area contributed by atoms with Gasteiger partial charge in [0.1, 0.15) is 5.75 Å². The van der Waals surface area contributed by atoms with Crippen LogP contribution in [0.25, 0.3) is 0 Å². The number of methoxy groups -OCH3 is 1. The molecule has 2 aromatic rings. The number of aryl methyl sites for hydroxylation is 1. The summed E-state index contributed by atoms with van der Waals surface area (Å²) in [6.45, 7) is 7.19. The normalized spacial score (nSPS) is 12.2. The van der Waals surface area contributed by atoms with Gasteiger partial charge in [-0.2, -0.15) is 0 Å². The fourth-order valence-electron chi connectivity index (χ4n) is 2.63. The lowest BCUT2D eigenvalue weighted by Crippen LogP contribution is -2.23. The summed E-state index contributed by atoms with van der Waals surface area (Å²) in [4.78, 5) is 0. The molecule has 0 aliphatic carbocycles. The molecule has 0 saturated heterocycles. The van der Waals surface area contributed by atoms with E-state index in [1.54, 1.807) is 7.11 Å². The lowest BCUT2D eigenvalue weighted by atomic mass is 9.92. The summed E-state index contributed by atoms with van der Waals surface area (Å²) < 4.78 is 5.30. The van der Waals surface area contributed by atoms with Crippen molar-refractivity contribution in [2.75, 3.05) is 13.7 Å². The average Bonchev–Trinajstić information content (AvgIpc) is 2.48. The van der Waals surface area contributed by atoms with Crippen LogP contribution in [0, 0.1) is 13.8 Å². The molecule has 21 heavy (non-hydrogen) atoms. The van der Waals surface area contributed by atoms with E-state index in [1.807, 2.05) is 18.2 Å². The summed E-state index contributed by atoms with van der Waals surface area (Å²) in [6.07, 6.45) is 0. The molecule has 0 aliphatic rings. The highest BCUT2D eigenvalue weighted by atomic mass is 35.5. The van der Waals surface area contributed by atoms with Crippen LogP contribution >= 0.6 is 11.6 Å². The van der Waals surface area contributed by atoms with Gasteiger partial charge in [0.25, 0.3) is 0 Å². The smallest absolute Gasteiger partial charge is 0.119 e. The molecule has 0 fully saturated rings. The first-order valence-corrected chi connectivity index (χ1v) is 7.59. The molecule has 0 heterocycles. The average molecular weight is 304 g/mol. The highest BCUT2D eigenvalue weighted by Crippen LogP contribution is 2.31. The predicted molar refractivity (Wildman–Crippen MR) is 89.4 cm³/mol. The molecular weight excluding hydrogens is 282 g/mol. The molecule has 0 bridgehead atoms. The molecule has 2 aromatic carbocycles. The first-order chi connectivity index (χ1) is 10.1. The Balaban J connectivity index is 2.51. The van der Waals surface area contributed by atoms with E-state index in [9.17, 15) is 0 Å². The van der Waals surface area contributed by atoms with E-state index in [2.05, 4.69) is 44.3 Å². The van der Waals surface area contributed by atoms with Gasteiger partial charge in [-0.3, -0.25) is 0 Å². The standard InChI is InChI=1S/C18H22ClNO/c1-5-20-18(16-7-6-8-17(19)13(16)3)15-10-9-14(21-4)11-12(15)2/h6-11,18,20H,5H2,1-4H3. The highest BCUT2D eigenvalue weighted by molar-refractivity contribution is 6.31. The molecule has 2 nitrogen and oxygen atoms in total. The molecule has 0 aromatic heterocycles. The molecule has 0 aliphatic heterocycles. The van der Waals surface area contributed by atoms with Crippen molar-refractivity contribution in [3.63, 3.8) is 0 Å². The van der Waals surface area contributed by atoms with E-state index in [0.717, 1.165) is 22.9 Å². The number of rotatable bonds is 5. The van der Waals surface area contributed by atoms with Crippen molar-refractivity contribution >= 4 is 11.6 Å². The molecule has 1 unspecified atom stereocenters. The summed E-state index contributed by atoms with van der Waals surface area (Å²) in [5.74, 6) is 0.884. The third-order valence-corrected chi connectivity index (χ3v) is 4.23. The van der Waals surface area contributed by atoms with Gasteiger partial charge < -0.3 is 10.1 Å². The monoisotopic (exact) mass is 303 g/mol. The second-order valence-corrected chi connectivity index (χ2v) is 5.57. The van der Waals surface area contributed by atoms with Crippen LogP contribution in [0.5, 0.6) is 5.75 Å². The van der Waals surface area contributed by atoms with Gasteiger partial charge in [-0.15, -0.1) is 0 Å². The van der Waals surface area contributed by atoms with Gasteiger partial charge in [-0.1, -0.05) is 36.7 Å². The van der Waals surface area contributed by atoms with Gasteiger partial charge in [0.05, 0.1) is 13.2 Å². The minimum atomic E-state index is 0.139. The van der Waals surface area contributed by atoms with Crippen molar-refractivity contribution in [2.45, 2.75) is 26.8 Å². The molecular formula is C18H22ClNO. The number of hydrogen-bond acceptors (Lipinski definition) is 2. The lowest BCUT2D eigenvalue weighted by Gasteiger charge is -2.23. The zero-order valence-corrected chi connectivity index (χ0v) is 13.8. The molecule has 2 rings (SSSR count). The Morgan fingerprint density at radius 3 is 2.52 bits per heavy atom. The van der Waals surface area contributed by atoms with Gasteiger partial charge in [0.2, 0.25) is 0 Å².